The summed E-state index contributed by atoms with van der Waals surface area (Å²) in [4.78, 5) is 26.6. The smallest absolute Gasteiger partial charge is 0.335 e. The second-order valence-corrected chi connectivity index (χ2v) is 5.18. The fourth-order valence-electron chi connectivity index (χ4n) is 2.46. The molecule has 0 radical (unpaired) electrons. The molecule has 2 atom stereocenters. The summed E-state index contributed by atoms with van der Waals surface area (Å²) >= 11 is 0. The number of nitrogens with one attached hydrogen (secondary N) is 2. The van der Waals surface area contributed by atoms with E-state index < -0.39 is 5.97 Å². The van der Waals surface area contributed by atoms with Gasteiger partial charge in [0.1, 0.15) is 0 Å². The van der Waals surface area contributed by atoms with Crippen LogP contribution in [-0.4, -0.2) is 28.1 Å². The Bertz CT molecular complexity index is 504. The molecule has 0 spiro atoms. The van der Waals surface area contributed by atoms with Gasteiger partial charge >= 0.3 is 12.0 Å². The molecule has 6 nitrogen and oxygen atoms in total. The Morgan fingerprint density at radius 3 is 2.90 bits per heavy atom. The number of carbonyl (C=O) groups is 2. The summed E-state index contributed by atoms with van der Waals surface area (Å²) in [5, 5.41) is 14.5. The van der Waals surface area contributed by atoms with E-state index >= 15 is 0 Å². The zero-order chi connectivity index (χ0) is 14.5. The van der Waals surface area contributed by atoms with E-state index in [0.717, 1.165) is 19.3 Å². The van der Waals surface area contributed by atoms with E-state index in [-0.39, 0.29) is 24.2 Å². The SMILES string of the molecule is CC1CCCC1NC(=O)NCc1cc(C(=O)O)ccn1. The highest BCUT2D eigenvalue weighted by Crippen LogP contribution is 2.24. The van der Waals surface area contributed by atoms with Gasteiger partial charge in [0.25, 0.3) is 0 Å². The standard InChI is InChI=1S/C14H19N3O3/c1-9-3-2-4-12(9)17-14(20)16-8-11-7-10(13(18)19)5-6-15-11/h5-7,9,12H,2-4,8H2,1H3,(H,18,19)(H2,16,17,20). The number of aromatic carboxylic acids is 1. The molecule has 1 fully saturated rings. The molecule has 0 saturated heterocycles. The monoisotopic (exact) mass is 277 g/mol. The van der Waals surface area contributed by atoms with E-state index in [1.165, 1.54) is 18.3 Å². The fourth-order valence-corrected chi connectivity index (χ4v) is 2.46. The Kier molecular flexibility index (Phi) is 4.55. The third-order valence-corrected chi connectivity index (χ3v) is 3.67. The van der Waals surface area contributed by atoms with Crippen LogP contribution in [0.4, 0.5) is 4.79 Å². The summed E-state index contributed by atoms with van der Waals surface area (Å²) in [7, 11) is 0. The van der Waals surface area contributed by atoms with E-state index in [2.05, 4.69) is 22.5 Å². The van der Waals surface area contributed by atoms with E-state index in [0.29, 0.717) is 11.6 Å². The number of carboxylic acid groups (broad SMARTS) is 1. The lowest BCUT2D eigenvalue weighted by atomic mass is 10.1. The van der Waals surface area contributed by atoms with Crippen molar-refractivity contribution in [2.75, 3.05) is 0 Å². The van der Waals surface area contributed by atoms with Gasteiger partial charge in [0.05, 0.1) is 17.8 Å². The third-order valence-electron chi connectivity index (χ3n) is 3.67. The average molecular weight is 277 g/mol. The summed E-state index contributed by atoms with van der Waals surface area (Å²) in [5.41, 5.74) is 0.696. The van der Waals surface area contributed by atoms with Crippen LogP contribution in [0.5, 0.6) is 0 Å². The molecule has 1 aromatic heterocycles. The molecular formula is C14H19N3O3. The molecule has 1 aliphatic rings. The number of carbonyl (C=O) groups excluding carboxylic acids is 1. The van der Waals surface area contributed by atoms with E-state index in [4.69, 9.17) is 5.11 Å². The van der Waals surface area contributed by atoms with Crippen LogP contribution < -0.4 is 10.6 Å². The minimum Gasteiger partial charge on any atom is -0.478 e. The largest absolute Gasteiger partial charge is 0.478 e. The van der Waals surface area contributed by atoms with E-state index in [1.54, 1.807) is 0 Å². The molecule has 1 saturated carbocycles. The number of rotatable bonds is 4. The first-order valence-corrected chi connectivity index (χ1v) is 6.79. The van der Waals surface area contributed by atoms with Crippen LogP contribution in [0, 0.1) is 5.92 Å². The Labute approximate surface area is 117 Å². The number of amides is 2. The van der Waals surface area contributed by atoms with Crippen LogP contribution in [0.3, 0.4) is 0 Å². The number of nitrogens with zero attached hydrogens (tertiary/aromatic N) is 1. The molecular weight excluding hydrogens is 258 g/mol. The number of carboxylic acids is 1. The van der Waals surface area contributed by atoms with Crippen molar-refractivity contribution in [3.8, 4) is 0 Å². The maximum absolute atomic E-state index is 11.8. The number of hydrogen-bond acceptors (Lipinski definition) is 3. The van der Waals surface area contributed by atoms with Gasteiger partial charge in [0.15, 0.2) is 0 Å². The minimum absolute atomic E-state index is 0.168. The lowest BCUT2D eigenvalue weighted by molar-refractivity contribution is 0.0696. The van der Waals surface area contributed by atoms with E-state index in [1.807, 2.05) is 0 Å². The summed E-state index contributed by atoms with van der Waals surface area (Å²) in [5.74, 6) is -0.493. The van der Waals surface area contributed by atoms with Crippen LogP contribution in [-0.2, 0) is 6.54 Å². The molecule has 1 aliphatic carbocycles. The summed E-state index contributed by atoms with van der Waals surface area (Å²) in [6, 6.07) is 2.88. The second-order valence-electron chi connectivity index (χ2n) is 5.18. The Morgan fingerprint density at radius 1 is 1.45 bits per heavy atom. The van der Waals surface area contributed by atoms with Crippen LogP contribution >= 0.6 is 0 Å². The lowest BCUT2D eigenvalue weighted by Crippen LogP contribution is -2.42. The van der Waals surface area contributed by atoms with Gasteiger partial charge in [-0.15, -0.1) is 0 Å². The van der Waals surface area contributed by atoms with Crippen molar-refractivity contribution >= 4 is 12.0 Å². The molecule has 0 bridgehead atoms. The molecule has 20 heavy (non-hydrogen) atoms. The maximum Gasteiger partial charge on any atom is 0.335 e. The topological polar surface area (TPSA) is 91.3 Å². The van der Waals surface area contributed by atoms with Gasteiger partial charge in [0, 0.05) is 12.2 Å². The first-order valence-electron chi connectivity index (χ1n) is 6.79. The van der Waals surface area contributed by atoms with Crippen molar-refractivity contribution in [2.24, 2.45) is 5.92 Å². The highest BCUT2D eigenvalue weighted by atomic mass is 16.4. The first kappa shape index (κ1) is 14.3. The molecule has 108 valence electrons. The van der Waals surface area contributed by atoms with Crippen molar-refractivity contribution < 1.29 is 14.7 Å². The quantitative estimate of drug-likeness (QED) is 0.782. The Hall–Kier alpha value is -2.11. The van der Waals surface area contributed by atoms with Crippen LogP contribution in [0.2, 0.25) is 0 Å². The molecule has 2 rings (SSSR count). The summed E-state index contributed by atoms with van der Waals surface area (Å²) in [6.45, 7) is 2.35. The minimum atomic E-state index is -1.00. The lowest BCUT2D eigenvalue weighted by Gasteiger charge is -2.17. The first-order chi connectivity index (χ1) is 9.56. The Balaban J connectivity index is 1.84. The van der Waals surface area contributed by atoms with Gasteiger partial charge in [-0.3, -0.25) is 4.98 Å². The zero-order valence-corrected chi connectivity index (χ0v) is 11.4. The van der Waals surface area contributed by atoms with Crippen LogP contribution in [0.1, 0.15) is 42.2 Å². The van der Waals surface area contributed by atoms with Gasteiger partial charge in [-0.25, -0.2) is 9.59 Å². The number of pyridine rings is 1. The normalized spacial score (nSPS) is 21.4. The molecule has 6 heteroatoms. The molecule has 0 aromatic carbocycles. The van der Waals surface area contributed by atoms with Gasteiger partial charge in [-0.05, 0) is 30.9 Å². The number of hydrogen-bond donors (Lipinski definition) is 3. The van der Waals surface area contributed by atoms with Gasteiger partial charge < -0.3 is 15.7 Å². The molecule has 2 amide bonds. The molecule has 0 aliphatic heterocycles. The maximum atomic E-state index is 11.8. The van der Waals surface area contributed by atoms with Crippen LogP contribution in [0.15, 0.2) is 18.3 Å². The zero-order valence-electron chi connectivity index (χ0n) is 11.4. The second kappa shape index (κ2) is 6.36. The average Bonchev–Trinajstić information content (AvgIpc) is 2.82. The fraction of sp³-hybridized carbons (Fsp3) is 0.500. The van der Waals surface area contributed by atoms with Crippen LogP contribution in [0.25, 0.3) is 0 Å². The van der Waals surface area contributed by atoms with Crippen molar-refractivity contribution in [1.29, 1.82) is 0 Å². The molecule has 3 N–H and O–H groups in total. The number of aromatic nitrogens is 1. The van der Waals surface area contributed by atoms with Gasteiger partial charge in [-0.2, -0.15) is 0 Å². The predicted molar refractivity (Wildman–Crippen MR) is 73.4 cm³/mol. The summed E-state index contributed by atoms with van der Waals surface area (Å²) in [6.07, 6.45) is 4.74. The number of urea groups is 1. The molecule has 2 unspecified atom stereocenters. The predicted octanol–water partition coefficient (Wildman–Crippen LogP) is 1.77. The highest BCUT2D eigenvalue weighted by Gasteiger charge is 2.24. The van der Waals surface area contributed by atoms with Crippen molar-refractivity contribution in [2.45, 2.75) is 38.8 Å². The van der Waals surface area contributed by atoms with Gasteiger partial charge in [0.2, 0.25) is 0 Å². The Morgan fingerprint density at radius 2 is 2.25 bits per heavy atom. The van der Waals surface area contributed by atoms with Crippen molar-refractivity contribution in [3.63, 3.8) is 0 Å². The van der Waals surface area contributed by atoms with Gasteiger partial charge in [-0.1, -0.05) is 13.3 Å². The highest BCUT2D eigenvalue weighted by molar-refractivity contribution is 5.87. The van der Waals surface area contributed by atoms with E-state index in [9.17, 15) is 9.59 Å². The van der Waals surface area contributed by atoms with Crippen molar-refractivity contribution in [3.05, 3.63) is 29.6 Å². The molecule has 1 aromatic rings. The van der Waals surface area contributed by atoms with Crippen molar-refractivity contribution in [1.82, 2.24) is 15.6 Å². The summed E-state index contributed by atoms with van der Waals surface area (Å²) < 4.78 is 0. The third kappa shape index (κ3) is 3.69. The molecule has 1 heterocycles.